The monoisotopic (exact) mass is 310 g/mol. The van der Waals surface area contributed by atoms with Crippen LogP contribution >= 0.6 is 11.6 Å². The Bertz CT molecular complexity index is 510. The molecule has 21 heavy (non-hydrogen) atoms. The number of carboxylic acid groups (broad SMARTS) is 1. The van der Waals surface area contributed by atoms with Gasteiger partial charge in [-0.2, -0.15) is 0 Å². The van der Waals surface area contributed by atoms with Gasteiger partial charge in [0.1, 0.15) is 0 Å². The van der Waals surface area contributed by atoms with Crippen LogP contribution in [0, 0.1) is 0 Å². The molecule has 6 nitrogen and oxygen atoms in total. The quantitative estimate of drug-likeness (QED) is 0.909. The Morgan fingerprint density at radius 1 is 1.33 bits per heavy atom. The topological polar surface area (TPSA) is 69.6 Å². The lowest BCUT2D eigenvalue weighted by atomic mass is 9.81. The van der Waals surface area contributed by atoms with Crippen molar-refractivity contribution in [1.82, 2.24) is 15.1 Å². The van der Waals surface area contributed by atoms with Gasteiger partial charge in [-0.3, -0.25) is 0 Å². The van der Waals surface area contributed by atoms with Crippen LogP contribution in [-0.2, 0) is 0 Å². The first-order chi connectivity index (χ1) is 10.1. The van der Waals surface area contributed by atoms with Crippen LogP contribution in [0.5, 0.6) is 0 Å². The Morgan fingerprint density at radius 2 is 2.00 bits per heavy atom. The lowest BCUT2D eigenvalue weighted by Crippen LogP contribution is -2.58. The molecule has 2 saturated heterocycles. The molecular weight excluding hydrogens is 292 g/mol. The van der Waals surface area contributed by atoms with E-state index in [1.54, 1.807) is 11.0 Å². The molecule has 1 amide bonds. The fourth-order valence-electron chi connectivity index (χ4n) is 3.67. The Balaban J connectivity index is 1.76. The number of halogens is 1. The number of nitrogens with zero attached hydrogens (tertiary/aromatic N) is 4. The Labute approximate surface area is 128 Å². The van der Waals surface area contributed by atoms with E-state index in [2.05, 4.69) is 15.1 Å². The SMILES string of the molecule is CN(c1ccc(Cl)nn1)[C@H]1C[C@H]2CCC[C@@H](C1)N2C(=O)O. The van der Waals surface area contributed by atoms with E-state index >= 15 is 0 Å². The van der Waals surface area contributed by atoms with E-state index in [4.69, 9.17) is 11.6 Å². The summed E-state index contributed by atoms with van der Waals surface area (Å²) in [7, 11) is 1.99. The molecule has 2 bridgehead atoms. The molecule has 1 aromatic rings. The van der Waals surface area contributed by atoms with Gasteiger partial charge in [0.2, 0.25) is 0 Å². The van der Waals surface area contributed by atoms with Crippen LogP contribution in [-0.4, -0.2) is 51.5 Å². The van der Waals surface area contributed by atoms with Crippen molar-refractivity contribution in [3.05, 3.63) is 17.3 Å². The van der Waals surface area contributed by atoms with Crippen molar-refractivity contribution in [1.29, 1.82) is 0 Å². The molecular formula is C14H19ClN4O2. The summed E-state index contributed by atoms with van der Waals surface area (Å²) in [6.07, 6.45) is 3.96. The molecule has 0 aliphatic carbocycles. The van der Waals surface area contributed by atoms with Gasteiger partial charge >= 0.3 is 6.09 Å². The fourth-order valence-corrected chi connectivity index (χ4v) is 3.77. The summed E-state index contributed by atoms with van der Waals surface area (Å²) in [5, 5.41) is 17.8. The fraction of sp³-hybridized carbons (Fsp3) is 0.643. The van der Waals surface area contributed by atoms with Gasteiger partial charge in [-0.1, -0.05) is 11.6 Å². The van der Waals surface area contributed by atoms with E-state index in [0.29, 0.717) is 11.2 Å². The number of carbonyl (C=O) groups is 1. The van der Waals surface area contributed by atoms with E-state index < -0.39 is 6.09 Å². The van der Waals surface area contributed by atoms with Gasteiger partial charge in [0.15, 0.2) is 11.0 Å². The minimum Gasteiger partial charge on any atom is -0.465 e. The first-order valence-corrected chi connectivity index (χ1v) is 7.67. The van der Waals surface area contributed by atoms with E-state index in [1.807, 2.05) is 13.1 Å². The number of amides is 1. The minimum absolute atomic E-state index is 0.128. The Morgan fingerprint density at radius 3 is 2.52 bits per heavy atom. The summed E-state index contributed by atoms with van der Waals surface area (Å²) in [6.45, 7) is 0. The molecule has 2 aliphatic heterocycles. The molecule has 0 unspecified atom stereocenters. The summed E-state index contributed by atoms with van der Waals surface area (Å²) < 4.78 is 0. The normalized spacial score (nSPS) is 28.3. The lowest BCUT2D eigenvalue weighted by Gasteiger charge is -2.49. The Hall–Kier alpha value is -1.56. The van der Waals surface area contributed by atoms with Crippen LogP contribution in [0.25, 0.3) is 0 Å². The van der Waals surface area contributed by atoms with Crippen LogP contribution in [0.15, 0.2) is 12.1 Å². The average Bonchev–Trinajstić information content (AvgIpc) is 2.45. The molecule has 114 valence electrons. The first-order valence-electron chi connectivity index (χ1n) is 7.29. The van der Waals surface area contributed by atoms with Crippen molar-refractivity contribution in [2.24, 2.45) is 0 Å². The molecule has 0 saturated carbocycles. The maximum absolute atomic E-state index is 11.4. The third-order valence-corrected chi connectivity index (χ3v) is 4.90. The van der Waals surface area contributed by atoms with Crippen LogP contribution in [0.1, 0.15) is 32.1 Å². The third kappa shape index (κ3) is 2.77. The standard InChI is InChI=1S/C14H19ClN4O2/c1-18(13-6-5-12(15)16-17-13)11-7-9-3-2-4-10(8-11)19(9)14(20)21/h5-6,9-11H,2-4,7-8H2,1H3,(H,20,21)/t9-,10+,11+. The van der Waals surface area contributed by atoms with Gasteiger partial charge in [-0.05, 0) is 44.2 Å². The smallest absolute Gasteiger partial charge is 0.407 e. The van der Waals surface area contributed by atoms with E-state index in [1.165, 1.54) is 0 Å². The summed E-state index contributed by atoms with van der Waals surface area (Å²) in [5.74, 6) is 0.784. The molecule has 3 atom stereocenters. The largest absolute Gasteiger partial charge is 0.465 e. The highest BCUT2D eigenvalue weighted by atomic mass is 35.5. The number of piperidine rings is 2. The average molecular weight is 311 g/mol. The molecule has 0 radical (unpaired) electrons. The highest BCUT2D eigenvalue weighted by Crippen LogP contribution is 2.36. The van der Waals surface area contributed by atoms with Crippen LogP contribution < -0.4 is 4.90 Å². The molecule has 2 aliphatic rings. The van der Waals surface area contributed by atoms with Gasteiger partial charge in [0.05, 0.1) is 0 Å². The van der Waals surface area contributed by atoms with Crippen LogP contribution in [0.4, 0.5) is 10.6 Å². The highest BCUT2D eigenvalue weighted by Gasteiger charge is 2.42. The molecule has 3 heterocycles. The summed E-state index contributed by atoms with van der Waals surface area (Å²) in [4.78, 5) is 15.2. The predicted molar refractivity (Wildman–Crippen MR) is 79.8 cm³/mol. The number of aromatic nitrogens is 2. The maximum Gasteiger partial charge on any atom is 0.407 e. The Kier molecular flexibility index (Phi) is 3.89. The second-order valence-electron chi connectivity index (χ2n) is 5.88. The summed E-state index contributed by atoms with van der Waals surface area (Å²) >= 11 is 5.77. The number of fused-ring (bicyclic) bond motifs is 2. The van der Waals surface area contributed by atoms with Gasteiger partial charge in [0, 0.05) is 25.2 Å². The van der Waals surface area contributed by atoms with Crippen LogP contribution in [0.3, 0.4) is 0 Å². The van der Waals surface area contributed by atoms with E-state index in [9.17, 15) is 9.90 Å². The number of anilines is 1. The van der Waals surface area contributed by atoms with Crippen LogP contribution in [0.2, 0.25) is 5.15 Å². The van der Waals surface area contributed by atoms with Crippen molar-refractivity contribution in [3.8, 4) is 0 Å². The first kappa shape index (κ1) is 14.4. The maximum atomic E-state index is 11.4. The van der Waals surface area contributed by atoms with E-state index in [-0.39, 0.29) is 12.1 Å². The summed E-state index contributed by atoms with van der Waals surface area (Å²) in [5.41, 5.74) is 0. The van der Waals surface area contributed by atoms with Gasteiger partial charge < -0.3 is 14.9 Å². The van der Waals surface area contributed by atoms with Crippen molar-refractivity contribution in [2.45, 2.75) is 50.2 Å². The van der Waals surface area contributed by atoms with Gasteiger partial charge in [-0.15, -0.1) is 10.2 Å². The van der Waals surface area contributed by atoms with Crippen molar-refractivity contribution in [2.75, 3.05) is 11.9 Å². The molecule has 1 N–H and O–H groups in total. The predicted octanol–water partition coefficient (Wildman–Crippen LogP) is 2.63. The van der Waals surface area contributed by atoms with Gasteiger partial charge in [0.25, 0.3) is 0 Å². The number of hydrogen-bond acceptors (Lipinski definition) is 4. The third-order valence-electron chi connectivity index (χ3n) is 4.70. The number of hydrogen-bond donors (Lipinski definition) is 1. The zero-order chi connectivity index (χ0) is 15.0. The number of rotatable bonds is 2. The minimum atomic E-state index is -0.780. The van der Waals surface area contributed by atoms with Crippen molar-refractivity contribution >= 4 is 23.5 Å². The zero-order valence-corrected chi connectivity index (χ0v) is 12.7. The van der Waals surface area contributed by atoms with Gasteiger partial charge in [-0.25, -0.2) is 4.79 Å². The second-order valence-corrected chi connectivity index (χ2v) is 6.27. The molecule has 0 aromatic carbocycles. The van der Waals surface area contributed by atoms with Crippen molar-refractivity contribution < 1.29 is 9.90 Å². The highest BCUT2D eigenvalue weighted by molar-refractivity contribution is 6.29. The lowest BCUT2D eigenvalue weighted by molar-refractivity contribution is 0.0352. The molecule has 3 rings (SSSR count). The second kappa shape index (κ2) is 5.67. The van der Waals surface area contributed by atoms with Crippen molar-refractivity contribution in [3.63, 3.8) is 0 Å². The molecule has 7 heteroatoms. The zero-order valence-electron chi connectivity index (χ0n) is 11.9. The molecule has 1 aromatic heterocycles. The molecule has 2 fully saturated rings. The van der Waals surface area contributed by atoms with E-state index in [0.717, 1.165) is 37.9 Å². The molecule has 0 spiro atoms. The summed E-state index contributed by atoms with van der Waals surface area (Å²) in [6, 6.07) is 4.14.